The van der Waals surface area contributed by atoms with Crippen molar-refractivity contribution in [1.82, 2.24) is 0 Å². The van der Waals surface area contributed by atoms with Gasteiger partial charge in [-0.25, -0.2) is 0 Å². The van der Waals surface area contributed by atoms with E-state index in [4.69, 9.17) is 4.42 Å². The van der Waals surface area contributed by atoms with Crippen molar-refractivity contribution in [3.8, 4) is 11.1 Å². The van der Waals surface area contributed by atoms with Crippen molar-refractivity contribution in [1.29, 1.82) is 0 Å². The molecular weight excluding hydrogens is 797 g/mol. The van der Waals surface area contributed by atoms with Gasteiger partial charge in [0, 0.05) is 59.1 Å². The standard InChI is InChI=1S/C60H44N2OS/c1-37-39(3)58(62(43-21-10-6-11-22-43)44-23-12-7-13-24-44)40(4)38(2)56(37)41-31-33-50-52(35-41)46-25-14-15-27-48(46)57-51-34-32-45(36-55(51)64-60(50)57)61(42-19-8-5-9-20-42)53-29-18-28-49-47-26-16-17-30-54(47)63-59(49)53/h5-36H,1-4H3. The summed E-state index contributed by atoms with van der Waals surface area (Å²) in [5.41, 5.74) is 16.2. The predicted octanol–water partition coefficient (Wildman–Crippen LogP) is 18.1. The normalized spacial score (nSPS) is 11.8. The van der Waals surface area contributed by atoms with Crippen LogP contribution in [0.4, 0.5) is 34.1 Å². The molecule has 0 aliphatic rings. The Kier molecular flexibility index (Phi) is 8.92. The van der Waals surface area contributed by atoms with E-state index in [0.717, 1.165) is 50.4 Å². The molecule has 0 N–H and O–H groups in total. The van der Waals surface area contributed by atoms with Crippen LogP contribution in [-0.4, -0.2) is 0 Å². The van der Waals surface area contributed by atoms with Gasteiger partial charge in [0.1, 0.15) is 5.58 Å². The van der Waals surface area contributed by atoms with Gasteiger partial charge in [0.15, 0.2) is 5.58 Å². The van der Waals surface area contributed by atoms with E-state index in [0.29, 0.717) is 0 Å². The highest BCUT2D eigenvalue weighted by Gasteiger charge is 2.25. The molecule has 64 heavy (non-hydrogen) atoms. The third kappa shape index (κ3) is 5.87. The number of fused-ring (bicyclic) bond motifs is 11. The number of para-hydroxylation sites is 5. The second-order valence-electron chi connectivity index (χ2n) is 16.9. The number of rotatable bonds is 7. The molecule has 0 unspecified atom stereocenters. The van der Waals surface area contributed by atoms with Crippen LogP contribution < -0.4 is 9.80 Å². The average molecular weight is 841 g/mol. The molecule has 0 atom stereocenters. The lowest BCUT2D eigenvalue weighted by Crippen LogP contribution is -2.15. The molecule has 12 aromatic rings. The molecule has 0 amide bonds. The number of benzene rings is 10. The Hall–Kier alpha value is -7.66. The van der Waals surface area contributed by atoms with E-state index >= 15 is 0 Å². The van der Waals surface area contributed by atoms with E-state index in [2.05, 4.69) is 226 Å². The summed E-state index contributed by atoms with van der Waals surface area (Å²) in [6.45, 7) is 9.19. The fourth-order valence-electron chi connectivity index (χ4n) is 10.3. The fourth-order valence-corrected chi connectivity index (χ4v) is 11.6. The molecule has 10 aromatic carbocycles. The molecule has 2 heterocycles. The number of thiophene rings is 1. The van der Waals surface area contributed by atoms with E-state index < -0.39 is 0 Å². The highest BCUT2D eigenvalue weighted by atomic mass is 32.1. The zero-order chi connectivity index (χ0) is 43.1. The van der Waals surface area contributed by atoms with Gasteiger partial charge in [-0.2, -0.15) is 0 Å². The molecule has 0 aliphatic carbocycles. The van der Waals surface area contributed by atoms with Crippen LogP contribution in [0.15, 0.2) is 199 Å². The highest BCUT2D eigenvalue weighted by molar-refractivity contribution is 7.27. The Morgan fingerprint density at radius 1 is 0.391 bits per heavy atom. The summed E-state index contributed by atoms with van der Waals surface area (Å²) < 4.78 is 9.19. The van der Waals surface area contributed by atoms with Gasteiger partial charge in [0.2, 0.25) is 0 Å². The Balaban J connectivity index is 1.03. The lowest BCUT2D eigenvalue weighted by molar-refractivity contribution is 0.669. The van der Waals surface area contributed by atoms with E-state index in [1.165, 1.54) is 80.8 Å². The van der Waals surface area contributed by atoms with Crippen molar-refractivity contribution >= 4 is 109 Å². The first-order valence-corrected chi connectivity index (χ1v) is 22.8. The monoisotopic (exact) mass is 840 g/mol. The summed E-state index contributed by atoms with van der Waals surface area (Å²) in [6, 6.07) is 70.1. The molecule has 0 bridgehead atoms. The zero-order valence-corrected chi connectivity index (χ0v) is 37.0. The van der Waals surface area contributed by atoms with Crippen LogP contribution >= 0.6 is 11.3 Å². The average Bonchev–Trinajstić information content (AvgIpc) is 3.93. The molecule has 0 radical (unpaired) electrons. The predicted molar refractivity (Wildman–Crippen MR) is 275 cm³/mol. The Labute approximate surface area is 376 Å². The van der Waals surface area contributed by atoms with Crippen LogP contribution in [0.25, 0.3) is 74.8 Å². The highest BCUT2D eigenvalue weighted by Crippen LogP contribution is 2.50. The summed E-state index contributed by atoms with van der Waals surface area (Å²) in [6.07, 6.45) is 0. The SMILES string of the molecule is Cc1c(C)c(N(c2ccccc2)c2ccccc2)c(C)c(C)c1-c1ccc2c(c1)c1ccccc1c1c3ccc(N(c4ccccc4)c4cccc5c4oc4ccccc45)cc3sc21. The van der Waals surface area contributed by atoms with Crippen molar-refractivity contribution in [3.05, 3.63) is 216 Å². The Morgan fingerprint density at radius 3 is 1.62 bits per heavy atom. The van der Waals surface area contributed by atoms with Crippen LogP contribution in [0.1, 0.15) is 22.3 Å². The maximum atomic E-state index is 6.62. The maximum absolute atomic E-state index is 6.62. The van der Waals surface area contributed by atoms with Gasteiger partial charge in [-0.1, -0.05) is 127 Å². The van der Waals surface area contributed by atoms with E-state index in [-0.39, 0.29) is 0 Å². The van der Waals surface area contributed by atoms with Gasteiger partial charge >= 0.3 is 0 Å². The lowest BCUT2D eigenvalue weighted by Gasteiger charge is -2.31. The maximum Gasteiger partial charge on any atom is 0.159 e. The number of anilines is 6. The van der Waals surface area contributed by atoms with Crippen molar-refractivity contribution in [2.75, 3.05) is 9.80 Å². The van der Waals surface area contributed by atoms with Crippen molar-refractivity contribution in [2.45, 2.75) is 27.7 Å². The number of hydrogen-bond acceptors (Lipinski definition) is 4. The molecule has 3 nitrogen and oxygen atoms in total. The third-order valence-corrected chi connectivity index (χ3v) is 14.6. The summed E-state index contributed by atoms with van der Waals surface area (Å²) in [5, 5.41) is 9.95. The van der Waals surface area contributed by atoms with Crippen LogP contribution in [0.2, 0.25) is 0 Å². The zero-order valence-electron chi connectivity index (χ0n) is 36.2. The molecule has 0 saturated carbocycles. The first kappa shape index (κ1) is 38.0. The summed E-state index contributed by atoms with van der Waals surface area (Å²) in [4.78, 5) is 4.76. The second kappa shape index (κ2) is 15.0. The first-order chi connectivity index (χ1) is 31.4. The number of furan rings is 1. The molecule has 0 fully saturated rings. The van der Waals surface area contributed by atoms with Gasteiger partial charge < -0.3 is 14.2 Å². The van der Waals surface area contributed by atoms with Crippen LogP contribution in [0, 0.1) is 27.7 Å². The van der Waals surface area contributed by atoms with Gasteiger partial charge in [-0.05, 0) is 144 Å². The summed E-state index contributed by atoms with van der Waals surface area (Å²) in [7, 11) is 0. The molecule has 12 rings (SSSR count). The minimum atomic E-state index is 0.881. The Bertz CT molecular complexity index is 3710. The molecule has 0 spiro atoms. The molecule has 2 aromatic heterocycles. The van der Waals surface area contributed by atoms with Gasteiger partial charge in [-0.3, -0.25) is 0 Å². The Morgan fingerprint density at radius 2 is 0.953 bits per heavy atom. The van der Waals surface area contributed by atoms with Crippen molar-refractivity contribution < 1.29 is 4.42 Å². The van der Waals surface area contributed by atoms with E-state index in [9.17, 15) is 0 Å². The second-order valence-corrected chi connectivity index (χ2v) is 18.0. The molecule has 0 saturated heterocycles. The van der Waals surface area contributed by atoms with Crippen molar-refractivity contribution in [2.24, 2.45) is 0 Å². The molecular formula is C60H44N2OS. The minimum absolute atomic E-state index is 0.881. The quantitative estimate of drug-likeness (QED) is 0.149. The van der Waals surface area contributed by atoms with Gasteiger partial charge in [0.25, 0.3) is 0 Å². The lowest BCUT2D eigenvalue weighted by atomic mass is 9.86. The largest absolute Gasteiger partial charge is 0.454 e. The van der Waals surface area contributed by atoms with E-state index in [1.54, 1.807) is 0 Å². The van der Waals surface area contributed by atoms with Crippen LogP contribution in [0.5, 0.6) is 0 Å². The number of nitrogens with zero attached hydrogens (tertiary/aromatic N) is 2. The topological polar surface area (TPSA) is 19.6 Å². The van der Waals surface area contributed by atoms with Crippen LogP contribution in [-0.2, 0) is 0 Å². The molecule has 306 valence electrons. The molecule has 0 aliphatic heterocycles. The summed E-state index contributed by atoms with van der Waals surface area (Å²) in [5.74, 6) is 0. The third-order valence-electron chi connectivity index (χ3n) is 13.4. The van der Waals surface area contributed by atoms with E-state index in [1.807, 2.05) is 17.4 Å². The smallest absolute Gasteiger partial charge is 0.159 e. The van der Waals surface area contributed by atoms with Crippen LogP contribution in [0.3, 0.4) is 0 Å². The number of hydrogen-bond donors (Lipinski definition) is 0. The summed E-state index contributed by atoms with van der Waals surface area (Å²) >= 11 is 1.89. The molecule has 4 heteroatoms. The minimum Gasteiger partial charge on any atom is -0.454 e. The first-order valence-electron chi connectivity index (χ1n) is 22.0. The van der Waals surface area contributed by atoms with Crippen molar-refractivity contribution in [3.63, 3.8) is 0 Å². The van der Waals surface area contributed by atoms with Gasteiger partial charge in [0.05, 0.1) is 11.4 Å². The fraction of sp³-hybridized carbons (Fsp3) is 0.0667. The van der Waals surface area contributed by atoms with Gasteiger partial charge in [-0.15, -0.1) is 11.3 Å².